The van der Waals surface area contributed by atoms with Crippen LogP contribution in [0, 0.1) is 5.92 Å². The van der Waals surface area contributed by atoms with Gasteiger partial charge < -0.3 is 5.32 Å². The summed E-state index contributed by atoms with van der Waals surface area (Å²) in [5.74, 6) is 0.623. The molecule has 15 heavy (non-hydrogen) atoms. The Bertz CT molecular complexity index is 533. The summed E-state index contributed by atoms with van der Waals surface area (Å²) >= 11 is 0. The van der Waals surface area contributed by atoms with Crippen molar-refractivity contribution in [2.24, 2.45) is 5.92 Å². The summed E-state index contributed by atoms with van der Waals surface area (Å²) in [5.41, 5.74) is 1.08. The minimum Gasteiger partial charge on any atom is -0.329 e. The van der Waals surface area contributed by atoms with E-state index in [-0.39, 0.29) is 5.91 Å². The number of amides is 1. The Morgan fingerprint density at radius 1 is 1.47 bits per heavy atom. The molecule has 3 rings (SSSR count). The molecule has 76 valence electrons. The number of hydrogen-bond acceptors (Lipinski definition) is 2. The summed E-state index contributed by atoms with van der Waals surface area (Å²) in [4.78, 5) is 15.7. The van der Waals surface area contributed by atoms with Gasteiger partial charge in [0.15, 0.2) is 0 Å². The zero-order valence-corrected chi connectivity index (χ0v) is 8.36. The van der Waals surface area contributed by atoms with Crippen LogP contribution in [0.5, 0.6) is 0 Å². The number of carbonyl (C=O) groups excluding carboxylic acids is 1. The topological polar surface area (TPSA) is 42.0 Å². The van der Waals surface area contributed by atoms with E-state index in [2.05, 4.69) is 16.4 Å². The fourth-order valence-corrected chi connectivity index (χ4v) is 2.35. The van der Waals surface area contributed by atoms with Crippen LogP contribution in [0.1, 0.15) is 19.3 Å². The molecule has 1 N–H and O–H groups in total. The number of nitrogens with one attached hydrogen (secondary N) is 1. The standard InChI is InChI=1S/C12H12N2O/c15-11-6-4-8-3-5-10-9(12(8)14-11)2-1-7-13-10/h1-2,5,7-8H,3-4,6H2,(H,14,15). The molecule has 0 radical (unpaired) electrons. The summed E-state index contributed by atoms with van der Waals surface area (Å²) in [6, 6.07) is 3.95. The monoisotopic (exact) mass is 200 g/mol. The van der Waals surface area contributed by atoms with Crippen molar-refractivity contribution in [2.45, 2.75) is 19.3 Å². The lowest BCUT2D eigenvalue weighted by Crippen LogP contribution is -2.44. The zero-order valence-electron chi connectivity index (χ0n) is 8.36. The van der Waals surface area contributed by atoms with Gasteiger partial charge in [-0.2, -0.15) is 0 Å². The van der Waals surface area contributed by atoms with E-state index in [1.54, 1.807) is 6.20 Å². The van der Waals surface area contributed by atoms with E-state index in [4.69, 9.17) is 0 Å². The molecule has 1 saturated heterocycles. The van der Waals surface area contributed by atoms with E-state index in [1.165, 1.54) is 0 Å². The lowest BCUT2D eigenvalue weighted by atomic mass is 9.88. The molecule has 1 atom stereocenters. The van der Waals surface area contributed by atoms with Gasteiger partial charge in [0, 0.05) is 29.5 Å². The highest BCUT2D eigenvalue weighted by atomic mass is 16.1. The van der Waals surface area contributed by atoms with E-state index >= 15 is 0 Å². The second-order valence-corrected chi connectivity index (χ2v) is 4.07. The fraction of sp³-hybridized carbons (Fsp3) is 0.333. The van der Waals surface area contributed by atoms with Crippen molar-refractivity contribution in [2.75, 3.05) is 0 Å². The predicted molar refractivity (Wildman–Crippen MR) is 56.8 cm³/mol. The summed E-state index contributed by atoms with van der Waals surface area (Å²) in [7, 11) is 0. The molecular formula is C12H12N2O. The molecule has 1 aliphatic heterocycles. The van der Waals surface area contributed by atoms with E-state index in [0.717, 1.165) is 29.1 Å². The number of fused-ring (bicyclic) bond motifs is 2. The van der Waals surface area contributed by atoms with Crippen LogP contribution in [0.15, 0.2) is 18.3 Å². The molecule has 2 aliphatic rings. The smallest absolute Gasteiger partial charge is 0.224 e. The zero-order chi connectivity index (χ0) is 10.3. The number of hydrogen-bond donors (Lipinski definition) is 1. The van der Waals surface area contributed by atoms with Gasteiger partial charge in [-0.15, -0.1) is 0 Å². The van der Waals surface area contributed by atoms with Crippen LogP contribution in [0.4, 0.5) is 0 Å². The third-order valence-electron chi connectivity index (χ3n) is 3.13. The number of carbonyl (C=O) groups is 1. The van der Waals surface area contributed by atoms with E-state index in [0.29, 0.717) is 12.3 Å². The number of aromatic nitrogens is 1. The lowest BCUT2D eigenvalue weighted by Gasteiger charge is -2.27. The van der Waals surface area contributed by atoms with Crippen LogP contribution in [0.25, 0.3) is 11.8 Å². The van der Waals surface area contributed by atoms with Gasteiger partial charge in [-0.1, -0.05) is 6.08 Å². The van der Waals surface area contributed by atoms with Crippen molar-refractivity contribution < 1.29 is 4.79 Å². The number of piperidine rings is 1. The molecule has 1 aliphatic carbocycles. The van der Waals surface area contributed by atoms with E-state index < -0.39 is 0 Å². The average molecular weight is 200 g/mol. The Kier molecular flexibility index (Phi) is 1.84. The lowest BCUT2D eigenvalue weighted by molar-refractivity contribution is -0.121. The van der Waals surface area contributed by atoms with Crippen molar-refractivity contribution >= 4 is 17.7 Å². The van der Waals surface area contributed by atoms with Gasteiger partial charge in [0.05, 0.1) is 5.35 Å². The van der Waals surface area contributed by atoms with Gasteiger partial charge in [0.25, 0.3) is 0 Å². The maximum absolute atomic E-state index is 11.4. The van der Waals surface area contributed by atoms with Gasteiger partial charge in [-0.3, -0.25) is 9.78 Å². The first-order chi connectivity index (χ1) is 7.34. The molecule has 2 heterocycles. The van der Waals surface area contributed by atoms with Crippen LogP contribution in [-0.2, 0) is 4.79 Å². The Morgan fingerprint density at radius 3 is 3.33 bits per heavy atom. The highest BCUT2D eigenvalue weighted by Gasteiger charge is 2.24. The van der Waals surface area contributed by atoms with Crippen LogP contribution in [0.3, 0.4) is 0 Å². The van der Waals surface area contributed by atoms with Gasteiger partial charge in [0.2, 0.25) is 5.91 Å². The largest absolute Gasteiger partial charge is 0.329 e. The first kappa shape index (κ1) is 8.65. The van der Waals surface area contributed by atoms with Crippen LogP contribution < -0.4 is 15.9 Å². The number of rotatable bonds is 0. The third-order valence-corrected chi connectivity index (χ3v) is 3.13. The third kappa shape index (κ3) is 1.35. The molecule has 1 unspecified atom stereocenters. The van der Waals surface area contributed by atoms with Crippen molar-refractivity contribution in [3.05, 3.63) is 28.9 Å². The maximum atomic E-state index is 11.4. The first-order valence-corrected chi connectivity index (χ1v) is 5.30. The molecule has 3 nitrogen and oxygen atoms in total. The number of pyridine rings is 1. The SMILES string of the molecule is O=C1CCC2CC=c3ncccc3=C2N1. The fourth-order valence-electron chi connectivity index (χ4n) is 2.35. The van der Waals surface area contributed by atoms with E-state index in [1.807, 2.05) is 12.1 Å². The average Bonchev–Trinajstić information content (AvgIpc) is 2.29. The van der Waals surface area contributed by atoms with Crippen LogP contribution in [-0.4, -0.2) is 10.9 Å². The van der Waals surface area contributed by atoms with Crippen molar-refractivity contribution in [1.82, 2.24) is 10.3 Å². The van der Waals surface area contributed by atoms with Gasteiger partial charge in [-0.05, 0) is 25.0 Å². The highest BCUT2D eigenvalue weighted by Crippen LogP contribution is 2.24. The van der Waals surface area contributed by atoms with Gasteiger partial charge in [0.1, 0.15) is 0 Å². The van der Waals surface area contributed by atoms with Gasteiger partial charge in [-0.25, -0.2) is 0 Å². The normalized spacial score (nSPS) is 23.6. The molecule has 0 bridgehead atoms. The molecule has 1 fully saturated rings. The van der Waals surface area contributed by atoms with Crippen LogP contribution >= 0.6 is 0 Å². The molecule has 1 aromatic heterocycles. The Hall–Kier alpha value is -1.64. The molecule has 0 spiro atoms. The van der Waals surface area contributed by atoms with E-state index in [9.17, 15) is 4.79 Å². The summed E-state index contributed by atoms with van der Waals surface area (Å²) in [6.45, 7) is 0. The number of nitrogens with zero attached hydrogens (tertiary/aromatic N) is 1. The highest BCUT2D eigenvalue weighted by molar-refractivity contribution is 5.85. The Morgan fingerprint density at radius 2 is 2.40 bits per heavy atom. The summed E-state index contributed by atoms with van der Waals surface area (Å²) in [5, 5.41) is 5.10. The predicted octanol–water partition coefficient (Wildman–Crippen LogP) is -0.0998. The quantitative estimate of drug-likeness (QED) is 0.635. The summed E-state index contributed by atoms with van der Waals surface area (Å²) in [6.07, 6.45) is 6.57. The second kappa shape index (κ2) is 3.19. The Balaban J connectivity index is 2.26. The molecule has 0 aromatic carbocycles. The summed E-state index contributed by atoms with van der Waals surface area (Å²) < 4.78 is 0. The maximum Gasteiger partial charge on any atom is 0.224 e. The second-order valence-electron chi connectivity index (χ2n) is 4.07. The molecular weight excluding hydrogens is 188 g/mol. The van der Waals surface area contributed by atoms with Crippen molar-refractivity contribution in [3.63, 3.8) is 0 Å². The van der Waals surface area contributed by atoms with Crippen LogP contribution in [0.2, 0.25) is 0 Å². The molecule has 1 amide bonds. The molecule has 0 saturated carbocycles. The minimum atomic E-state index is 0.137. The molecule has 3 heteroatoms. The van der Waals surface area contributed by atoms with Crippen molar-refractivity contribution in [3.8, 4) is 0 Å². The first-order valence-electron chi connectivity index (χ1n) is 5.30. The van der Waals surface area contributed by atoms with Gasteiger partial charge >= 0.3 is 0 Å². The molecule has 1 aromatic rings. The Labute approximate surface area is 87.5 Å². The van der Waals surface area contributed by atoms with Crippen molar-refractivity contribution in [1.29, 1.82) is 0 Å². The minimum absolute atomic E-state index is 0.137.